The van der Waals surface area contributed by atoms with Gasteiger partial charge in [-0.15, -0.1) is 10.2 Å². The zero-order valence-electron chi connectivity index (χ0n) is 13.5. The topological polar surface area (TPSA) is 70.2 Å². The number of hydrogen-bond acceptors (Lipinski definition) is 5. The first-order valence-corrected chi connectivity index (χ1v) is 8.37. The van der Waals surface area contributed by atoms with Crippen molar-refractivity contribution >= 4 is 29.0 Å². The van der Waals surface area contributed by atoms with E-state index in [1.807, 2.05) is 24.3 Å². The number of carbonyl (C=O) groups excluding carboxylic acids is 1. The van der Waals surface area contributed by atoms with E-state index in [-0.39, 0.29) is 11.9 Å². The largest absolute Gasteiger partial charge is 0.368 e. The van der Waals surface area contributed by atoms with Crippen molar-refractivity contribution in [2.45, 2.75) is 18.9 Å². The Morgan fingerprint density at radius 1 is 1.25 bits per heavy atom. The maximum atomic E-state index is 11.5. The number of hydrogen-bond donors (Lipinski definition) is 2. The molecular formula is C17H20ClN5O. The second-order valence-electron chi connectivity index (χ2n) is 5.76. The summed E-state index contributed by atoms with van der Waals surface area (Å²) in [6.45, 7) is 1.84. The Balaban J connectivity index is 1.65. The Labute approximate surface area is 146 Å². The molecule has 2 aromatic rings. The number of piperidine rings is 1. The van der Waals surface area contributed by atoms with E-state index in [9.17, 15) is 4.79 Å². The van der Waals surface area contributed by atoms with E-state index in [0.717, 1.165) is 36.6 Å². The van der Waals surface area contributed by atoms with Crippen LogP contribution in [-0.4, -0.2) is 42.3 Å². The van der Waals surface area contributed by atoms with Crippen molar-refractivity contribution in [1.82, 2.24) is 15.5 Å². The highest BCUT2D eigenvalue weighted by Gasteiger charge is 2.21. The zero-order valence-corrected chi connectivity index (χ0v) is 14.3. The minimum Gasteiger partial charge on any atom is -0.368 e. The molecule has 1 fully saturated rings. The van der Waals surface area contributed by atoms with Crippen molar-refractivity contribution in [1.29, 1.82) is 0 Å². The van der Waals surface area contributed by atoms with Crippen LogP contribution in [0.2, 0.25) is 5.02 Å². The number of nitrogens with zero attached hydrogens (tertiary/aromatic N) is 3. The van der Waals surface area contributed by atoms with E-state index in [1.165, 1.54) is 0 Å². The van der Waals surface area contributed by atoms with Crippen LogP contribution in [0, 0.1) is 0 Å². The molecule has 1 saturated heterocycles. The molecule has 126 valence electrons. The molecule has 0 radical (unpaired) electrons. The van der Waals surface area contributed by atoms with Crippen LogP contribution in [-0.2, 0) is 0 Å². The molecule has 1 aliphatic heterocycles. The predicted octanol–water partition coefficient (Wildman–Crippen LogP) is 2.57. The van der Waals surface area contributed by atoms with Crippen molar-refractivity contribution in [3.63, 3.8) is 0 Å². The van der Waals surface area contributed by atoms with Gasteiger partial charge in [0.2, 0.25) is 0 Å². The molecule has 0 bridgehead atoms. The highest BCUT2D eigenvalue weighted by atomic mass is 35.5. The summed E-state index contributed by atoms with van der Waals surface area (Å²) in [6.07, 6.45) is 2.13. The first-order chi connectivity index (χ1) is 11.7. The van der Waals surface area contributed by atoms with Gasteiger partial charge in [0.1, 0.15) is 5.82 Å². The van der Waals surface area contributed by atoms with Gasteiger partial charge in [-0.25, -0.2) is 0 Å². The average Bonchev–Trinajstić information content (AvgIpc) is 2.62. The molecule has 1 amide bonds. The zero-order chi connectivity index (χ0) is 16.9. The fourth-order valence-corrected chi connectivity index (χ4v) is 3.14. The Morgan fingerprint density at radius 3 is 2.79 bits per heavy atom. The van der Waals surface area contributed by atoms with Crippen LogP contribution >= 0.6 is 11.6 Å². The second kappa shape index (κ2) is 7.49. The van der Waals surface area contributed by atoms with Crippen LogP contribution in [0.4, 0.5) is 11.5 Å². The van der Waals surface area contributed by atoms with Crippen LogP contribution < -0.4 is 15.5 Å². The maximum absolute atomic E-state index is 11.5. The van der Waals surface area contributed by atoms with Gasteiger partial charge in [-0.1, -0.05) is 23.7 Å². The number of nitrogens with one attached hydrogen (secondary N) is 2. The van der Waals surface area contributed by atoms with Gasteiger partial charge in [0.05, 0.1) is 10.7 Å². The summed E-state index contributed by atoms with van der Waals surface area (Å²) in [5.41, 5.74) is 1.37. The molecule has 3 rings (SSSR count). The van der Waals surface area contributed by atoms with Gasteiger partial charge in [0.15, 0.2) is 5.69 Å². The van der Waals surface area contributed by atoms with Crippen LogP contribution in [0.15, 0.2) is 36.4 Å². The third-order valence-electron chi connectivity index (χ3n) is 4.09. The van der Waals surface area contributed by atoms with Gasteiger partial charge in [0.25, 0.3) is 5.91 Å². The quantitative estimate of drug-likeness (QED) is 0.891. The number of aromatic nitrogens is 2. The minimum absolute atomic E-state index is 0.239. The van der Waals surface area contributed by atoms with Crippen molar-refractivity contribution in [2.24, 2.45) is 0 Å². The van der Waals surface area contributed by atoms with Gasteiger partial charge in [-0.2, -0.15) is 0 Å². The van der Waals surface area contributed by atoms with E-state index in [4.69, 9.17) is 11.6 Å². The molecule has 24 heavy (non-hydrogen) atoms. The van der Waals surface area contributed by atoms with E-state index in [0.29, 0.717) is 11.5 Å². The van der Waals surface area contributed by atoms with Gasteiger partial charge in [-0.3, -0.25) is 4.79 Å². The first kappa shape index (κ1) is 16.5. The lowest BCUT2D eigenvalue weighted by Gasteiger charge is -2.35. The van der Waals surface area contributed by atoms with Gasteiger partial charge in [-0.05, 0) is 37.1 Å². The monoisotopic (exact) mass is 345 g/mol. The summed E-state index contributed by atoms with van der Waals surface area (Å²) in [7, 11) is 1.57. The summed E-state index contributed by atoms with van der Waals surface area (Å²) in [4.78, 5) is 13.8. The standard InChI is InChI=1S/C17H20ClN5O/c1-19-17(24)14-8-9-16(22-21-14)20-12-5-4-10-23(11-12)15-7-3-2-6-13(15)18/h2-3,6-9,12H,4-5,10-11H2,1H3,(H,19,24)(H,20,22). The molecule has 2 heterocycles. The fourth-order valence-electron chi connectivity index (χ4n) is 2.89. The molecule has 1 aromatic carbocycles. The lowest BCUT2D eigenvalue weighted by atomic mass is 10.0. The summed E-state index contributed by atoms with van der Waals surface area (Å²) >= 11 is 6.30. The van der Waals surface area contributed by atoms with Crippen LogP contribution in [0.5, 0.6) is 0 Å². The van der Waals surface area contributed by atoms with Crippen molar-refractivity contribution in [3.8, 4) is 0 Å². The molecule has 1 atom stereocenters. The number of anilines is 2. The van der Waals surface area contributed by atoms with Crippen LogP contribution in [0.25, 0.3) is 0 Å². The van der Waals surface area contributed by atoms with Crippen LogP contribution in [0.1, 0.15) is 23.3 Å². The van der Waals surface area contributed by atoms with Crippen molar-refractivity contribution in [2.75, 3.05) is 30.4 Å². The third-order valence-corrected chi connectivity index (χ3v) is 4.41. The number of amides is 1. The van der Waals surface area contributed by atoms with E-state index in [1.54, 1.807) is 19.2 Å². The summed E-state index contributed by atoms with van der Waals surface area (Å²) in [6, 6.07) is 11.6. The van der Waals surface area contributed by atoms with E-state index < -0.39 is 0 Å². The van der Waals surface area contributed by atoms with Crippen LogP contribution in [0.3, 0.4) is 0 Å². The summed E-state index contributed by atoms with van der Waals surface area (Å²) < 4.78 is 0. The Kier molecular flexibility index (Phi) is 5.15. The lowest BCUT2D eigenvalue weighted by molar-refractivity contribution is 0.0957. The molecule has 7 heteroatoms. The molecule has 0 spiro atoms. The molecular weight excluding hydrogens is 326 g/mol. The average molecular weight is 346 g/mol. The smallest absolute Gasteiger partial charge is 0.271 e. The van der Waals surface area contributed by atoms with Gasteiger partial charge >= 0.3 is 0 Å². The predicted molar refractivity (Wildman–Crippen MR) is 95.7 cm³/mol. The third kappa shape index (κ3) is 3.76. The molecule has 6 nitrogen and oxygen atoms in total. The number of halogens is 1. The first-order valence-electron chi connectivity index (χ1n) is 7.99. The number of rotatable bonds is 4. The number of benzene rings is 1. The summed E-state index contributed by atoms with van der Waals surface area (Å²) in [5.74, 6) is 0.435. The van der Waals surface area contributed by atoms with E-state index >= 15 is 0 Å². The van der Waals surface area contributed by atoms with Crippen molar-refractivity contribution < 1.29 is 4.79 Å². The normalized spacial score (nSPS) is 17.4. The molecule has 1 aliphatic rings. The fraction of sp³-hybridized carbons (Fsp3) is 0.353. The Hall–Kier alpha value is -2.34. The molecule has 0 saturated carbocycles. The molecule has 0 aliphatic carbocycles. The SMILES string of the molecule is CNC(=O)c1ccc(NC2CCCN(c3ccccc3Cl)C2)nn1. The summed E-state index contributed by atoms with van der Waals surface area (Å²) in [5, 5.41) is 14.7. The van der Waals surface area contributed by atoms with E-state index in [2.05, 4.69) is 25.7 Å². The Bertz CT molecular complexity index is 706. The second-order valence-corrected chi connectivity index (χ2v) is 6.17. The highest BCUT2D eigenvalue weighted by Crippen LogP contribution is 2.28. The number of para-hydroxylation sites is 1. The highest BCUT2D eigenvalue weighted by molar-refractivity contribution is 6.33. The molecule has 1 unspecified atom stereocenters. The molecule has 1 aromatic heterocycles. The van der Waals surface area contributed by atoms with Crippen molar-refractivity contribution in [3.05, 3.63) is 47.1 Å². The maximum Gasteiger partial charge on any atom is 0.271 e. The van der Waals surface area contributed by atoms with Gasteiger partial charge in [0, 0.05) is 26.2 Å². The Morgan fingerprint density at radius 2 is 2.08 bits per heavy atom. The lowest BCUT2D eigenvalue weighted by Crippen LogP contribution is -2.42. The van der Waals surface area contributed by atoms with Gasteiger partial charge < -0.3 is 15.5 Å². The minimum atomic E-state index is -0.239. The molecule has 2 N–H and O–H groups in total. The number of carbonyl (C=O) groups is 1.